The van der Waals surface area contributed by atoms with Gasteiger partial charge in [-0.05, 0) is 25.5 Å². The molecule has 1 N–H and O–H groups in total. The normalized spacial score (nSPS) is 20.5. The summed E-state index contributed by atoms with van der Waals surface area (Å²) in [6.45, 7) is 1.79. The van der Waals surface area contributed by atoms with E-state index in [-0.39, 0.29) is 5.97 Å². The lowest BCUT2D eigenvalue weighted by molar-refractivity contribution is 0.0586. The lowest BCUT2D eigenvalue weighted by Crippen LogP contribution is -2.28. The molecule has 1 saturated heterocycles. The quantitative estimate of drug-likeness (QED) is 0.733. The van der Waals surface area contributed by atoms with Crippen LogP contribution < -0.4 is 5.32 Å². The first-order valence-electron chi connectivity index (χ1n) is 5.15. The van der Waals surface area contributed by atoms with Crippen LogP contribution in [0.4, 0.5) is 0 Å². The number of rotatable bonds is 3. The van der Waals surface area contributed by atoms with E-state index in [0.717, 1.165) is 19.5 Å². The van der Waals surface area contributed by atoms with Gasteiger partial charge in [-0.25, -0.2) is 4.79 Å². The van der Waals surface area contributed by atoms with Gasteiger partial charge in [-0.2, -0.15) is 5.10 Å². The highest BCUT2D eigenvalue weighted by Gasteiger charge is 2.18. The van der Waals surface area contributed by atoms with Crippen LogP contribution in [0, 0.1) is 0 Å². The largest absolute Gasteiger partial charge is 0.464 e. The average Bonchev–Trinajstić information content (AvgIpc) is 2.88. The first-order chi connectivity index (χ1) is 7.31. The standard InChI is InChI=1S/C10H15N3O2/c1-15-10(14)9-4-6-12-13(9)7-8-3-2-5-11-8/h4,6,8,11H,2-3,5,7H2,1H3/t8-/m0/s1. The molecule has 1 fully saturated rings. The van der Waals surface area contributed by atoms with Crippen LogP contribution in [0.2, 0.25) is 0 Å². The summed E-state index contributed by atoms with van der Waals surface area (Å²) in [5, 5.41) is 7.49. The topological polar surface area (TPSA) is 56.1 Å². The molecule has 0 bridgehead atoms. The molecule has 0 saturated carbocycles. The van der Waals surface area contributed by atoms with Crippen molar-refractivity contribution in [3.05, 3.63) is 18.0 Å². The van der Waals surface area contributed by atoms with Gasteiger partial charge in [0.05, 0.1) is 13.7 Å². The number of hydrogen-bond acceptors (Lipinski definition) is 4. The van der Waals surface area contributed by atoms with Crippen LogP contribution in [0.25, 0.3) is 0 Å². The molecular formula is C10H15N3O2. The van der Waals surface area contributed by atoms with E-state index in [4.69, 9.17) is 0 Å². The van der Waals surface area contributed by atoms with E-state index in [2.05, 4.69) is 15.2 Å². The van der Waals surface area contributed by atoms with E-state index in [1.165, 1.54) is 13.5 Å². The van der Waals surface area contributed by atoms with Gasteiger partial charge in [0.15, 0.2) is 0 Å². The van der Waals surface area contributed by atoms with Gasteiger partial charge in [-0.3, -0.25) is 4.68 Å². The lowest BCUT2D eigenvalue weighted by atomic mass is 10.2. The molecule has 15 heavy (non-hydrogen) atoms. The molecule has 82 valence electrons. The molecule has 1 aromatic rings. The predicted molar refractivity (Wildman–Crippen MR) is 54.6 cm³/mol. The van der Waals surface area contributed by atoms with Crippen LogP contribution in [0.5, 0.6) is 0 Å². The Morgan fingerprint density at radius 1 is 1.80 bits per heavy atom. The Balaban J connectivity index is 2.07. The molecule has 0 unspecified atom stereocenters. The number of carbonyl (C=O) groups is 1. The SMILES string of the molecule is COC(=O)c1ccnn1C[C@@H]1CCCN1. The molecular weight excluding hydrogens is 194 g/mol. The summed E-state index contributed by atoms with van der Waals surface area (Å²) in [6.07, 6.45) is 3.96. The first kappa shape index (κ1) is 10.2. The molecule has 1 aromatic heterocycles. The third-order valence-corrected chi connectivity index (χ3v) is 2.67. The van der Waals surface area contributed by atoms with Crippen LogP contribution in [0.15, 0.2) is 12.3 Å². The number of hydrogen-bond donors (Lipinski definition) is 1. The Bertz CT molecular complexity index is 342. The fourth-order valence-corrected chi connectivity index (χ4v) is 1.88. The van der Waals surface area contributed by atoms with Crippen molar-refractivity contribution in [1.82, 2.24) is 15.1 Å². The number of ether oxygens (including phenoxy) is 1. The van der Waals surface area contributed by atoms with Crippen LogP contribution >= 0.6 is 0 Å². The number of esters is 1. The molecule has 1 aliphatic heterocycles. The van der Waals surface area contributed by atoms with E-state index in [1.54, 1.807) is 16.9 Å². The summed E-state index contributed by atoms with van der Waals surface area (Å²) >= 11 is 0. The average molecular weight is 209 g/mol. The van der Waals surface area contributed by atoms with Crippen LogP contribution in [-0.2, 0) is 11.3 Å². The molecule has 2 heterocycles. The Kier molecular flexibility index (Phi) is 3.01. The molecule has 0 amide bonds. The highest BCUT2D eigenvalue weighted by Crippen LogP contribution is 2.09. The molecule has 0 aromatic carbocycles. The highest BCUT2D eigenvalue weighted by molar-refractivity contribution is 5.87. The molecule has 0 spiro atoms. The summed E-state index contributed by atoms with van der Waals surface area (Å²) in [5.41, 5.74) is 0.520. The lowest BCUT2D eigenvalue weighted by Gasteiger charge is -2.11. The van der Waals surface area contributed by atoms with Gasteiger partial charge in [0.1, 0.15) is 5.69 Å². The van der Waals surface area contributed by atoms with Gasteiger partial charge in [0, 0.05) is 12.2 Å². The minimum atomic E-state index is -0.328. The molecule has 5 nitrogen and oxygen atoms in total. The van der Waals surface area contributed by atoms with E-state index >= 15 is 0 Å². The number of nitrogens with zero attached hydrogens (tertiary/aromatic N) is 2. The number of aromatic nitrogens is 2. The molecule has 0 radical (unpaired) electrons. The van der Waals surface area contributed by atoms with Gasteiger partial charge in [0.2, 0.25) is 0 Å². The Labute approximate surface area is 88.4 Å². The van der Waals surface area contributed by atoms with Crippen LogP contribution in [-0.4, -0.2) is 35.4 Å². The Hall–Kier alpha value is -1.36. The summed E-state index contributed by atoms with van der Waals surface area (Å²) in [6, 6.07) is 2.11. The maximum atomic E-state index is 11.4. The molecule has 2 rings (SSSR count). The Morgan fingerprint density at radius 3 is 3.33 bits per heavy atom. The number of carbonyl (C=O) groups excluding carboxylic acids is 1. The van der Waals surface area contributed by atoms with Crippen molar-refractivity contribution in [3.63, 3.8) is 0 Å². The van der Waals surface area contributed by atoms with Gasteiger partial charge in [0.25, 0.3) is 0 Å². The van der Waals surface area contributed by atoms with Gasteiger partial charge in [-0.15, -0.1) is 0 Å². The van der Waals surface area contributed by atoms with Crippen LogP contribution in [0.3, 0.4) is 0 Å². The van der Waals surface area contributed by atoms with Crippen molar-refractivity contribution in [2.24, 2.45) is 0 Å². The molecule has 5 heteroatoms. The van der Waals surface area contributed by atoms with Crippen molar-refractivity contribution in [2.75, 3.05) is 13.7 Å². The maximum absolute atomic E-state index is 11.4. The minimum absolute atomic E-state index is 0.328. The second kappa shape index (κ2) is 4.44. The highest BCUT2D eigenvalue weighted by atomic mass is 16.5. The fraction of sp³-hybridized carbons (Fsp3) is 0.600. The summed E-state index contributed by atoms with van der Waals surface area (Å²) in [7, 11) is 1.38. The zero-order valence-electron chi connectivity index (χ0n) is 8.77. The second-order valence-electron chi connectivity index (χ2n) is 3.68. The number of methoxy groups -OCH3 is 1. The maximum Gasteiger partial charge on any atom is 0.356 e. The van der Waals surface area contributed by atoms with Gasteiger partial charge >= 0.3 is 5.97 Å². The molecule has 1 atom stereocenters. The number of nitrogens with one attached hydrogen (secondary N) is 1. The molecule has 1 aliphatic rings. The second-order valence-corrected chi connectivity index (χ2v) is 3.68. The summed E-state index contributed by atoms with van der Waals surface area (Å²) in [5.74, 6) is -0.328. The van der Waals surface area contributed by atoms with E-state index in [1.807, 2.05) is 0 Å². The predicted octanol–water partition coefficient (Wildman–Crippen LogP) is 0.422. The van der Waals surface area contributed by atoms with E-state index in [0.29, 0.717) is 11.7 Å². The van der Waals surface area contributed by atoms with Crippen molar-refractivity contribution in [3.8, 4) is 0 Å². The third-order valence-electron chi connectivity index (χ3n) is 2.67. The van der Waals surface area contributed by atoms with E-state index in [9.17, 15) is 4.79 Å². The first-order valence-corrected chi connectivity index (χ1v) is 5.15. The van der Waals surface area contributed by atoms with Gasteiger partial charge < -0.3 is 10.1 Å². The van der Waals surface area contributed by atoms with Crippen molar-refractivity contribution >= 4 is 5.97 Å². The van der Waals surface area contributed by atoms with Crippen molar-refractivity contribution in [2.45, 2.75) is 25.4 Å². The Morgan fingerprint density at radius 2 is 2.67 bits per heavy atom. The summed E-state index contributed by atoms with van der Waals surface area (Å²) < 4.78 is 6.38. The van der Waals surface area contributed by atoms with Crippen LogP contribution in [0.1, 0.15) is 23.3 Å². The monoisotopic (exact) mass is 209 g/mol. The van der Waals surface area contributed by atoms with E-state index < -0.39 is 0 Å². The third kappa shape index (κ3) is 2.18. The van der Waals surface area contributed by atoms with Crippen molar-refractivity contribution in [1.29, 1.82) is 0 Å². The van der Waals surface area contributed by atoms with Crippen molar-refractivity contribution < 1.29 is 9.53 Å². The smallest absolute Gasteiger partial charge is 0.356 e. The van der Waals surface area contributed by atoms with Gasteiger partial charge in [-0.1, -0.05) is 0 Å². The zero-order chi connectivity index (χ0) is 10.7. The minimum Gasteiger partial charge on any atom is -0.464 e. The summed E-state index contributed by atoms with van der Waals surface area (Å²) in [4.78, 5) is 11.4. The fourth-order valence-electron chi connectivity index (χ4n) is 1.88. The molecule has 0 aliphatic carbocycles. The zero-order valence-corrected chi connectivity index (χ0v) is 8.77.